The van der Waals surface area contributed by atoms with E-state index in [1.54, 1.807) is 0 Å². The van der Waals surface area contributed by atoms with Crippen LogP contribution < -0.4 is 4.72 Å². The summed E-state index contributed by atoms with van der Waals surface area (Å²) >= 11 is 8.70. The largest absolute Gasteiger partial charge is 0.281 e. The minimum atomic E-state index is -3.79. The molecule has 7 nitrogen and oxygen atoms in total. The van der Waals surface area contributed by atoms with Gasteiger partial charge in [0.1, 0.15) is 5.15 Å². The number of pyridine rings is 1. The van der Waals surface area contributed by atoms with Crippen molar-refractivity contribution >= 4 is 43.2 Å². The van der Waals surface area contributed by atoms with Crippen molar-refractivity contribution in [1.29, 1.82) is 0 Å². The Hall–Kier alpha value is -1.19. The fourth-order valence-corrected chi connectivity index (χ4v) is 3.60. The van der Waals surface area contributed by atoms with Crippen LogP contribution in [0, 0.1) is 0 Å². The molecule has 2 rings (SSSR count). The van der Waals surface area contributed by atoms with Gasteiger partial charge in [-0.15, -0.1) is 5.10 Å². The normalized spacial score (nSPS) is 11.5. The van der Waals surface area contributed by atoms with E-state index in [0.717, 1.165) is 4.68 Å². The fourth-order valence-electron chi connectivity index (χ4n) is 1.28. The molecule has 0 atom stereocenters. The maximum Gasteiger partial charge on any atom is 0.281 e. The third kappa shape index (κ3) is 2.62. The van der Waals surface area contributed by atoms with E-state index in [0.29, 0.717) is 5.69 Å². The number of sulfonamides is 1. The average Bonchev–Trinajstić information content (AvgIpc) is 2.58. The van der Waals surface area contributed by atoms with E-state index in [1.807, 2.05) is 0 Å². The van der Waals surface area contributed by atoms with Gasteiger partial charge in [-0.3, -0.25) is 4.72 Å². The standard InChI is InChI=1S/C8H7BrClN5O2S/c1-15-8(7(9)12-14-15)18(16,17)13-5-2-3-11-6(10)4-5/h2-4H,1H3,(H,11,13). The highest BCUT2D eigenvalue weighted by molar-refractivity contribution is 9.10. The first kappa shape index (κ1) is 13.2. The Morgan fingerprint density at radius 2 is 2.22 bits per heavy atom. The van der Waals surface area contributed by atoms with Gasteiger partial charge in [0.25, 0.3) is 10.0 Å². The van der Waals surface area contributed by atoms with E-state index in [-0.39, 0.29) is 14.8 Å². The molecule has 2 heterocycles. The van der Waals surface area contributed by atoms with Crippen molar-refractivity contribution in [1.82, 2.24) is 20.0 Å². The van der Waals surface area contributed by atoms with Crippen LogP contribution in [-0.2, 0) is 17.1 Å². The summed E-state index contributed by atoms with van der Waals surface area (Å²) < 4.78 is 27.9. The molecular weight excluding hydrogens is 346 g/mol. The number of nitrogens with zero attached hydrogens (tertiary/aromatic N) is 4. The first-order chi connectivity index (χ1) is 8.40. The summed E-state index contributed by atoms with van der Waals surface area (Å²) in [5.41, 5.74) is 0.308. The van der Waals surface area contributed by atoms with Crippen LogP contribution >= 0.6 is 27.5 Å². The smallest absolute Gasteiger partial charge is 0.278 e. The number of aromatic nitrogens is 4. The Kier molecular flexibility index (Phi) is 3.55. The van der Waals surface area contributed by atoms with Gasteiger partial charge in [0.15, 0.2) is 4.60 Å². The highest BCUT2D eigenvalue weighted by Gasteiger charge is 2.23. The van der Waals surface area contributed by atoms with Gasteiger partial charge >= 0.3 is 0 Å². The third-order valence-corrected chi connectivity index (χ3v) is 4.44. The summed E-state index contributed by atoms with van der Waals surface area (Å²) in [6, 6.07) is 2.89. The Morgan fingerprint density at radius 1 is 1.50 bits per heavy atom. The van der Waals surface area contributed by atoms with Crippen molar-refractivity contribution < 1.29 is 8.42 Å². The second-order valence-corrected chi connectivity index (χ2v) is 6.02. The third-order valence-electron chi connectivity index (χ3n) is 1.97. The molecule has 96 valence electrons. The van der Waals surface area contributed by atoms with Crippen LogP contribution in [0.5, 0.6) is 0 Å². The number of hydrogen-bond donors (Lipinski definition) is 1. The zero-order valence-electron chi connectivity index (χ0n) is 9.00. The zero-order chi connectivity index (χ0) is 13.3. The molecular formula is C8H7BrClN5O2S. The fraction of sp³-hybridized carbons (Fsp3) is 0.125. The number of nitrogens with one attached hydrogen (secondary N) is 1. The van der Waals surface area contributed by atoms with E-state index in [2.05, 4.69) is 35.9 Å². The quantitative estimate of drug-likeness (QED) is 0.844. The van der Waals surface area contributed by atoms with E-state index in [9.17, 15) is 8.42 Å². The van der Waals surface area contributed by atoms with Crippen molar-refractivity contribution in [3.05, 3.63) is 28.1 Å². The van der Waals surface area contributed by atoms with Crippen molar-refractivity contribution in [3.8, 4) is 0 Å². The minimum absolute atomic E-state index is 0.0737. The number of hydrogen-bond acceptors (Lipinski definition) is 5. The molecule has 0 spiro atoms. The molecule has 0 aliphatic rings. The number of aryl methyl sites for hydroxylation is 1. The van der Waals surface area contributed by atoms with Crippen LogP contribution in [0.4, 0.5) is 5.69 Å². The first-order valence-electron chi connectivity index (χ1n) is 4.60. The van der Waals surface area contributed by atoms with Gasteiger partial charge in [0.2, 0.25) is 5.03 Å². The maximum atomic E-state index is 12.1. The molecule has 0 radical (unpaired) electrons. The van der Waals surface area contributed by atoms with Crippen LogP contribution in [0.15, 0.2) is 28.0 Å². The minimum Gasteiger partial charge on any atom is -0.278 e. The molecule has 0 saturated carbocycles. The molecule has 0 unspecified atom stereocenters. The summed E-state index contributed by atoms with van der Waals surface area (Å²) in [4.78, 5) is 3.76. The van der Waals surface area contributed by atoms with E-state index < -0.39 is 10.0 Å². The first-order valence-corrected chi connectivity index (χ1v) is 7.25. The molecule has 0 aliphatic heterocycles. The highest BCUT2D eigenvalue weighted by Crippen LogP contribution is 2.22. The topological polar surface area (TPSA) is 89.8 Å². The molecule has 0 amide bonds. The number of halogens is 2. The van der Waals surface area contributed by atoms with Crippen molar-refractivity contribution in [3.63, 3.8) is 0 Å². The molecule has 2 aromatic rings. The van der Waals surface area contributed by atoms with Gasteiger partial charge in [-0.05, 0) is 28.1 Å². The number of rotatable bonds is 3. The molecule has 1 N–H and O–H groups in total. The van der Waals surface area contributed by atoms with E-state index in [1.165, 1.54) is 25.4 Å². The van der Waals surface area contributed by atoms with E-state index in [4.69, 9.17) is 11.6 Å². The summed E-state index contributed by atoms with van der Waals surface area (Å²) in [6.07, 6.45) is 1.40. The molecule has 0 bridgehead atoms. The van der Waals surface area contributed by atoms with Crippen molar-refractivity contribution in [2.45, 2.75) is 5.03 Å². The lowest BCUT2D eigenvalue weighted by molar-refractivity contribution is 0.578. The average molecular weight is 353 g/mol. The number of anilines is 1. The molecule has 0 fully saturated rings. The molecule has 0 saturated heterocycles. The second kappa shape index (κ2) is 4.82. The van der Waals surface area contributed by atoms with Gasteiger partial charge < -0.3 is 0 Å². The molecule has 18 heavy (non-hydrogen) atoms. The van der Waals surface area contributed by atoms with Gasteiger partial charge in [-0.25, -0.2) is 9.67 Å². The molecule has 0 aliphatic carbocycles. The van der Waals surface area contributed by atoms with Crippen LogP contribution in [0.25, 0.3) is 0 Å². The maximum absolute atomic E-state index is 12.1. The van der Waals surface area contributed by atoms with Crippen molar-refractivity contribution in [2.24, 2.45) is 7.05 Å². The molecule has 10 heteroatoms. The Balaban J connectivity index is 2.39. The molecule has 0 aromatic carbocycles. The van der Waals surface area contributed by atoms with Crippen LogP contribution in [0.2, 0.25) is 5.15 Å². The Bertz CT molecular complexity index is 667. The highest BCUT2D eigenvalue weighted by atomic mass is 79.9. The Morgan fingerprint density at radius 3 is 2.78 bits per heavy atom. The van der Waals surface area contributed by atoms with Gasteiger partial charge in [0, 0.05) is 13.2 Å². The monoisotopic (exact) mass is 351 g/mol. The van der Waals surface area contributed by atoms with Gasteiger partial charge in [-0.2, -0.15) is 8.42 Å². The lowest BCUT2D eigenvalue weighted by Gasteiger charge is -2.07. The summed E-state index contributed by atoms with van der Waals surface area (Å²) in [5, 5.41) is 7.34. The van der Waals surface area contributed by atoms with Crippen LogP contribution in [-0.4, -0.2) is 28.4 Å². The Labute approximate surface area is 116 Å². The summed E-state index contributed by atoms with van der Waals surface area (Å²) in [7, 11) is -2.32. The van der Waals surface area contributed by atoms with E-state index >= 15 is 0 Å². The van der Waals surface area contributed by atoms with Crippen molar-refractivity contribution in [2.75, 3.05) is 4.72 Å². The second-order valence-electron chi connectivity index (χ2n) is 3.28. The SMILES string of the molecule is Cn1nnc(Br)c1S(=O)(=O)Nc1ccnc(Cl)c1. The lowest BCUT2D eigenvalue weighted by atomic mass is 10.4. The van der Waals surface area contributed by atoms with Gasteiger partial charge in [0.05, 0.1) is 5.69 Å². The predicted octanol–water partition coefficient (Wildman–Crippen LogP) is 1.43. The summed E-state index contributed by atoms with van der Waals surface area (Å²) in [6.45, 7) is 0. The lowest BCUT2D eigenvalue weighted by Crippen LogP contribution is -2.17. The molecule has 2 aromatic heterocycles. The zero-order valence-corrected chi connectivity index (χ0v) is 12.2. The summed E-state index contributed by atoms with van der Waals surface area (Å²) in [5.74, 6) is 0. The van der Waals surface area contributed by atoms with Crippen LogP contribution in [0.3, 0.4) is 0 Å². The van der Waals surface area contributed by atoms with Gasteiger partial charge in [-0.1, -0.05) is 16.8 Å². The van der Waals surface area contributed by atoms with Crippen LogP contribution in [0.1, 0.15) is 0 Å². The predicted molar refractivity (Wildman–Crippen MR) is 68.8 cm³/mol.